The van der Waals surface area contributed by atoms with Crippen LogP contribution in [0, 0.1) is 20.2 Å². The monoisotopic (exact) mass is 293 g/mol. The van der Waals surface area contributed by atoms with Crippen molar-refractivity contribution in [2.45, 2.75) is 0 Å². The Morgan fingerprint density at radius 3 is 2.57 bits per heavy atom. The van der Waals surface area contributed by atoms with Gasteiger partial charge >= 0.3 is 5.82 Å². The first-order valence-corrected chi connectivity index (χ1v) is 5.69. The number of aromatic nitrogens is 2. The maximum Gasteiger partial charge on any atom is 0.406 e. The number of hydrogen-bond donors (Lipinski definition) is 1. The van der Waals surface area contributed by atoms with Crippen LogP contribution >= 0.6 is 0 Å². The smallest absolute Gasteiger partial charge is 0.406 e. The number of anilines is 2. The molecule has 10 nitrogen and oxygen atoms in total. The van der Waals surface area contributed by atoms with Crippen LogP contribution in [0.4, 0.5) is 23.0 Å². The third-order valence-corrected chi connectivity index (χ3v) is 2.74. The molecule has 0 spiro atoms. The van der Waals surface area contributed by atoms with Crippen molar-refractivity contribution in [3.05, 3.63) is 44.8 Å². The van der Waals surface area contributed by atoms with Crippen molar-refractivity contribution in [1.82, 2.24) is 9.55 Å². The zero-order valence-corrected chi connectivity index (χ0v) is 11.1. The summed E-state index contributed by atoms with van der Waals surface area (Å²) in [5.74, 6) is 0.0287. The van der Waals surface area contributed by atoms with Gasteiger partial charge in [-0.05, 0) is 16.0 Å². The van der Waals surface area contributed by atoms with Crippen LogP contribution in [0.3, 0.4) is 0 Å². The molecule has 21 heavy (non-hydrogen) atoms. The molecule has 0 radical (unpaired) electrons. The minimum atomic E-state index is -0.647. The Kier molecular flexibility index (Phi) is 3.69. The van der Waals surface area contributed by atoms with Crippen LogP contribution in [-0.2, 0) is 7.05 Å². The van der Waals surface area contributed by atoms with E-state index in [9.17, 15) is 20.2 Å². The molecule has 0 amide bonds. The largest absolute Gasteiger partial charge is 0.495 e. The molecule has 2 aromatic rings. The van der Waals surface area contributed by atoms with Crippen molar-refractivity contribution >= 4 is 23.0 Å². The number of nitrogens with zero attached hydrogens (tertiary/aromatic N) is 4. The molecule has 1 aromatic heterocycles. The summed E-state index contributed by atoms with van der Waals surface area (Å²) in [6, 6.07) is 3.92. The van der Waals surface area contributed by atoms with Gasteiger partial charge in [0.05, 0.1) is 17.7 Å². The van der Waals surface area contributed by atoms with Gasteiger partial charge < -0.3 is 20.2 Å². The van der Waals surface area contributed by atoms with E-state index in [0.717, 1.165) is 0 Å². The number of ether oxygens (including phenoxy) is 1. The van der Waals surface area contributed by atoms with Crippen molar-refractivity contribution in [3.8, 4) is 5.75 Å². The summed E-state index contributed by atoms with van der Waals surface area (Å²) < 4.78 is 6.48. The molecule has 0 aliphatic rings. The number of imidazole rings is 1. The Labute approximate surface area is 118 Å². The fourth-order valence-corrected chi connectivity index (χ4v) is 1.73. The van der Waals surface area contributed by atoms with Gasteiger partial charge in [-0.3, -0.25) is 14.7 Å². The number of benzene rings is 1. The number of nitro groups is 2. The van der Waals surface area contributed by atoms with Crippen LogP contribution in [0.5, 0.6) is 5.75 Å². The van der Waals surface area contributed by atoms with Gasteiger partial charge in [-0.15, -0.1) is 0 Å². The minimum absolute atomic E-state index is 0.0961. The lowest BCUT2D eigenvalue weighted by atomic mass is 10.2. The van der Waals surface area contributed by atoms with Gasteiger partial charge in [-0.25, -0.2) is 0 Å². The summed E-state index contributed by atoms with van der Waals surface area (Å²) in [5.41, 5.74) is 0.0709. The van der Waals surface area contributed by atoms with Gasteiger partial charge in [0.1, 0.15) is 5.75 Å². The minimum Gasteiger partial charge on any atom is -0.495 e. The molecular formula is C11H11N5O5. The Morgan fingerprint density at radius 1 is 1.29 bits per heavy atom. The predicted octanol–water partition coefficient (Wildman–Crippen LogP) is 1.99. The predicted molar refractivity (Wildman–Crippen MR) is 72.8 cm³/mol. The maximum atomic E-state index is 10.9. The van der Waals surface area contributed by atoms with Crippen LogP contribution in [0.2, 0.25) is 0 Å². The number of nitrogens with one attached hydrogen (secondary N) is 1. The molecule has 0 saturated carbocycles. The molecular weight excluding hydrogens is 282 g/mol. The molecule has 1 heterocycles. The first kappa shape index (κ1) is 14.2. The summed E-state index contributed by atoms with van der Waals surface area (Å²) in [7, 11) is 2.95. The number of methoxy groups -OCH3 is 1. The summed E-state index contributed by atoms with van der Waals surface area (Å²) in [6.07, 6.45) is 1.27. The molecule has 1 aromatic carbocycles. The zero-order valence-electron chi connectivity index (χ0n) is 11.1. The van der Waals surface area contributed by atoms with Crippen molar-refractivity contribution < 1.29 is 14.6 Å². The lowest BCUT2D eigenvalue weighted by molar-refractivity contribution is -0.388. The highest BCUT2D eigenvalue weighted by Crippen LogP contribution is 2.33. The Bertz CT molecular complexity index is 711. The standard InChI is InChI=1S/C11H11N5O5/c1-14-6-12-10(16(19)20)11(14)13-8-5-7(15(17)18)3-4-9(8)21-2/h3-6,13H,1-2H3. The van der Waals surface area contributed by atoms with E-state index in [1.54, 1.807) is 7.05 Å². The van der Waals surface area contributed by atoms with E-state index in [-0.39, 0.29) is 23.0 Å². The maximum absolute atomic E-state index is 10.9. The van der Waals surface area contributed by atoms with Crippen molar-refractivity contribution in [3.63, 3.8) is 0 Å². The van der Waals surface area contributed by atoms with Crippen molar-refractivity contribution in [1.29, 1.82) is 0 Å². The molecule has 2 rings (SSSR count). The Morgan fingerprint density at radius 2 is 2.00 bits per heavy atom. The first-order chi connectivity index (χ1) is 9.93. The molecule has 0 saturated heterocycles. The summed E-state index contributed by atoms with van der Waals surface area (Å²) in [5, 5.41) is 24.5. The molecule has 0 aliphatic carbocycles. The van der Waals surface area contributed by atoms with Crippen LogP contribution < -0.4 is 10.1 Å². The van der Waals surface area contributed by atoms with E-state index < -0.39 is 9.85 Å². The Hall–Kier alpha value is -3.17. The molecule has 0 fully saturated rings. The molecule has 10 heteroatoms. The van der Waals surface area contributed by atoms with Gasteiger partial charge in [0.2, 0.25) is 12.1 Å². The highest BCUT2D eigenvalue weighted by molar-refractivity contribution is 5.71. The van der Waals surface area contributed by atoms with Crippen molar-refractivity contribution in [2.75, 3.05) is 12.4 Å². The quantitative estimate of drug-likeness (QED) is 0.659. The van der Waals surface area contributed by atoms with Gasteiger partial charge in [-0.2, -0.15) is 0 Å². The van der Waals surface area contributed by atoms with Gasteiger partial charge in [0.15, 0.2) is 0 Å². The summed E-state index contributed by atoms with van der Waals surface area (Å²) >= 11 is 0. The second kappa shape index (κ2) is 5.45. The number of hydrogen-bond acceptors (Lipinski definition) is 7. The van der Waals surface area contributed by atoms with E-state index in [0.29, 0.717) is 5.75 Å². The second-order valence-electron chi connectivity index (χ2n) is 4.05. The first-order valence-electron chi connectivity index (χ1n) is 5.69. The highest BCUT2D eigenvalue weighted by Gasteiger charge is 2.22. The molecule has 0 unspecified atom stereocenters. The fraction of sp³-hybridized carbons (Fsp3) is 0.182. The van der Waals surface area contributed by atoms with Crippen molar-refractivity contribution in [2.24, 2.45) is 7.05 Å². The lowest BCUT2D eigenvalue weighted by Crippen LogP contribution is -2.02. The molecule has 0 atom stereocenters. The number of non-ortho nitro benzene ring substituents is 1. The van der Waals surface area contributed by atoms with Crippen LogP contribution in [0.15, 0.2) is 24.5 Å². The average Bonchev–Trinajstić information content (AvgIpc) is 2.80. The van der Waals surface area contributed by atoms with E-state index in [1.807, 2.05) is 0 Å². The Balaban J connectivity index is 2.48. The number of rotatable bonds is 5. The van der Waals surface area contributed by atoms with Gasteiger partial charge in [0, 0.05) is 19.2 Å². The fourth-order valence-electron chi connectivity index (χ4n) is 1.73. The number of nitro benzene ring substituents is 1. The molecule has 0 bridgehead atoms. The topological polar surface area (TPSA) is 125 Å². The van der Waals surface area contributed by atoms with Gasteiger partial charge in [0.25, 0.3) is 5.69 Å². The molecule has 0 aliphatic heterocycles. The van der Waals surface area contributed by atoms with Crippen LogP contribution in [0.25, 0.3) is 0 Å². The van der Waals surface area contributed by atoms with Gasteiger partial charge in [-0.1, -0.05) is 0 Å². The molecule has 1 N–H and O–H groups in total. The van der Waals surface area contributed by atoms with E-state index in [2.05, 4.69) is 10.3 Å². The number of aryl methyl sites for hydroxylation is 1. The summed E-state index contributed by atoms with van der Waals surface area (Å²) in [6.45, 7) is 0. The van der Waals surface area contributed by atoms with E-state index >= 15 is 0 Å². The highest BCUT2D eigenvalue weighted by atomic mass is 16.6. The third kappa shape index (κ3) is 2.73. The van der Waals surface area contributed by atoms with Crippen LogP contribution in [-0.4, -0.2) is 26.5 Å². The van der Waals surface area contributed by atoms with Crippen LogP contribution in [0.1, 0.15) is 0 Å². The lowest BCUT2D eigenvalue weighted by Gasteiger charge is -2.10. The van der Waals surface area contributed by atoms with E-state index in [1.165, 1.54) is 36.2 Å². The normalized spacial score (nSPS) is 10.2. The average molecular weight is 293 g/mol. The SMILES string of the molecule is COc1ccc([N+](=O)[O-])cc1Nc1c([N+](=O)[O-])ncn1C. The second-order valence-corrected chi connectivity index (χ2v) is 4.05. The van der Waals surface area contributed by atoms with E-state index in [4.69, 9.17) is 4.74 Å². The summed E-state index contributed by atoms with van der Waals surface area (Å²) in [4.78, 5) is 24.2. The third-order valence-electron chi connectivity index (χ3n) is 2.74. The molecule has 110 valence electrons. The zero-order chi connectivity index (χ0) is 15.6.